The quantitative estimate of drug-likeness (QED) is 0.331. The molecule has 0 saturated carbocycles. The minimum absolute atomic E-state index is 0.0797. The van der Waals surface area contributed by atoms with Gasteiger partial charge in [-0.15, -0.1) is 0 Å². The van der Waals surface area contributed by atoms with Gasteiger partial charge in [-0.3, -0.25) is 4.79 Å². The Morgan fingerprint density at radius 1 is 1.11 bits per heavy atom. The number of nitrogens with one attached hydrogen (secondary N) is 1. The molecule has 1 amide bonds. The zero-order chi connectivity index (χ0) is 26.1. The van der Waals surface area contributed by atoms with Crippen LogP contribution in [0.5, 0.6) is 11.5 Å². The molecule has 5 heterocycles. The van der Waals surface area contributed by atoms with Crippen LogP contribution < -0.4 is 10.1 Å². The van der Waals surface area contributed by atoms with Crippen LogP contribution in [0.25, 0.3) is 22.3 Å². The first-order chi connectivity index (χ1) is 18.6. The average molecular weight is 505 g/mol. The van der Waals surface area contributed by atoms with Crippen molar-refractivity contribution in [1.29, 1.82) is 0 Å². The van der Waals surface area contributed by atoms with E-state index in [1.807, 2.05) is 55.6 Å². The molecular formula is C28H24N8O2. The van der Waals surface area contributed by atoms with Gasteiger partial charge in [0.2, 0.25) is 5.91 Å². The maximum Gasteiger partial charge on any atom is 0.246 e. The normalized spacial score (nSPS) is 13.4. The van der Waals surface area contributed by atoms with Gasteiger partial charge in [-0.1, -0.05) is 12.7 Å². The lowest BCUT2D eigenvalue weighted by molar-refractivity contribution is -0.125. The number of aryl methyl sites for hydroxylation is 1. The van der Waals surface area contributed by atoms with Crippen LogP contribution in [-0.4, -0.2) is 53.4 Å². The van der Waals surface area contributed by atoms with E-state index in [4.69, 9.17) is 9.72 Å². The van der Waals surface area contributed by atoms with Crippen LogP contribution in [0.15, 0.2) is 80.0 Å². The third-order valence-corrected chi connectivity index (χ3v) is 6.37. The van der Waals surface area contributed by atoms with E-state index in [1.165, 1.54) is 18.7 Å². The molecule has 0 spiro atoms. The number of benzene rings is 1. The molecule has 10 heteroatoms. The minimum atomic E-state index is -0.0797. The molecule has 0 atom stereocenters. The summed E-state index contributed by atoms with van der Waals surface area (Å²) in [6.45, 7) is 6.75. The lowest BCUT2D eigenvalue weighted by Crippen LogP contribution is -2.34. The van der Waals surface area contributed by atoms with E-state index in [2.05, 4.69) is 38.0 Å². The standard InChI is InChI=1S/C28H24N8O2/c1-3-26(37)35-11-4-5-19(15-35)22-7-8-23-27(34-22)28(31-16-29-23)33-20-6-9-24(18(2)13-20)38-21-10-12-36-25(14-21)30-17-32-36/h3,5-10,12-14,16-17H,1,4,11,15H2,2H3,(H,29,31,33). The highest BCUT2D eigenvalue weighted by molar-refractivity contribution is 5.90. The third-order valence-electron chi connectivity index (χ3n) is 6.37. The zero-order valence-corrected chi connectivity index (χ0v) is 20.7. The van der Waals surface area contributed by atoms with Gasteiger partial charge in [-0.05, 0) is 67.0 Å². The summed E-state index contributed by atoms with van der Waals surface area (Å²) >= 11 is 0. The second-order valence-electron chi connectivity index (χ2n) is 8.90. The molecule has 0 radical (unpaired) electrons. The second-order valence-corrected chi connectivity index (χ2v) is 8.90. The van der Waals surface area contributed by atoms with Crippen molar-refractivity contribution < 1.29 is 9.53 Å². The molecule has 5 aromatic rings. The van der Waals surface area contributed by atoms with Crippen LogP contribution in [0.4, 0.5) is 11.5 Å². The van der Waals surface area contributed by atoms with Crippen LogP contribution in [0, 0.1) is 6.92 Å². The Morgan fingerprint density at radius 3 is 2.89 bits per heavy atom. The van der Waals surface area contributed by atoms with Crippen LogP contribution >= 0.6 is 0 Å². The number of hydrogen-bond donors (Lipinski definition) is 1. The van der Waals surface area contributed by atoms with Gasteiger partial charge in [0.25, 0.3) is 0 Å². The largest absolute Gasteiger partial charge is 0.457 e. The molecule has 1 aromatic carbocycles. The van der Waals surface area contributed by atoms with E-state index < -0.39 is 0 Å². The number of carbonyl (C=O) groups excluding carboxylic acids is 1. The van der Waals surface area contributed by atoms with Crippen LogP contribution in [0.3, 0.4) is 0 Å². The zero-order valence-electron chi connectivity index (χ0n) is 20.7. The fourth-order valence-corrected chi connectivity index (χ4v) is 4.42. The third kappa shape index (κ3) is 4.55. The highest BCUT2D eigenvalue weighted by atomic mass is 16.5. The van der Waals surface area contributed by atoms with E-state index in [0.29, 0.717) is 35.8 Å². The van der Waals surface area contributed by atoms with Crippen LogP contribution in [-0.2, 0) is 4.79 Å². The van der Waals surface area contributed by atoms with E-state index in [-0.39, 0.29) is 5.91 Å². The molecule has 0 fully saturated rings. The molecule has 4 aromatic heterocycles. The van der Waals surface area contributed by atoms with Gasteiger partial charge in [0, 0.05) is 31.0 Å². The number of fused-ring (bicyclic) bond motifs is 2. The minimum Gasteiger partial charge on any atom is -0.457 e. The van der Waals surface area contributed by atoms with Crippen LogP contribution in [0.1, 0.15) is 17.7 Å². The fourth-order valence-electron chi connectivity index (χ4n) is 4.42. The maximum absolute atomic E-state index is 12.1. The summed E-state index contributed by atoms with van der Waals surface area (Å²) in [5.41, 5.74) is 5.66. The summed E-state index contributed by atoms with van der Waals surface area (Å²) in [4.78, 5) is 31.8. The van der Waals surface area contributed by atoms with E-state index in [1.54, 1.807) is 9.42 Å². The number of rotatable bonds is 6. The van der Waals surface area contributed by atoms with Gasteiger partial charge in [0.1, 0.15) is 29.7 Å². The van der Waals surface area contributed by atoms with Crippen molar-refractivity contribution in [2.24, 2.45) is 0 Å². The summed E-state index contributed by atoms with van der Waals surface area (Å²) in [5, 5.41) is 7.48. The van der Waals surface area contributed by atoms with E-state index in [0.717, 1.165) is 40.2 Å². The molecule has 0 unspecified atom stereocenters. The lowest BCUT2D eigenvalue weighted by Gasteiger charge is -2.26. The molecular weight excluding hydrogens is 480 g/mol. The van der Waals surface area contributed by atoms with Crippen molar-refractivity contribution >= 4 is 39.7 Å². The van der Waals surface area contributed by atoms with Crippen molar-refractivity contribution in [2.75, 3.05) is 18.4 Å². The maximum atomic E-state index is 12.1. The highest BCUT2D eigenvalue weighted by Crippen LogP contribution is 2.30. The molecule has 0 aliphatic carbocycles. The van der Waals surface area contributed by atoms with Gasteiger partial charge in [-0.25, -0.2) is 24.5 Å². The molecule has 10 nitrogen and oxygen atoms in total. The average Bonchev–Trinajstić information content (AvgIpc) is 3.42. The summed E-state index contributed by atoms with van der Waals surface area (Å²) in [7, 11) is 0. The van der Waals surface area contributed by atoms with Gasteiger partial charge in [-0.2, -0.15) is 5.10 Å². The molecule has 188 valence electrons. The van der Waals surface area contributed by atoms with Crippen LogP contribution in [0.2, 0.25) is 0 Å². The smallest absolute Gasteiger partial charge is 0.246 e. The Hall–Kier alpha value is -5.12. The number of nitrogens with zero attached hydrogens (tertiary/aromatic N) is 7. The molecule has 0 bridgehead atoms. The number of amides is 1. The molecule has 6 rings (SSSR count). The Morgan fingerprint density at radius 2 is 2.03 bits per heavy atom. The number of carbonyl (C=O) groups is 1. The summed E-state index contributed by atoms with van der Waals surface area (Å²) in [6, 6.07) is 13.4. The van der Waals surface area contributed by atoms with E-state index in [9.17, 15) is 4.79 Å². The predicted molar refractivity (Wildman–Crippen MR) is 144 cm³/mol. The van der Waals surface area contributed by atoms with Gasteiger partial charge < -0.3 is 15.0 Å². The van der Waals surface area contributed by atoms with Crippen molar-refractivity contribution in [2.45, 2.75) is 13.3 Å². The Kier molecular flexibility index (Phi) is 5.97. The van der Waals surface area contributed by atoms with Crippen molar-refractivity contribution in [3.8, 4) is 11.5 Å². The number of aromatic nitrogens is 6. The number of hydrogen-bond acceptors (Lipinski definition) is 8. The Bertz CT molecular complexity index is 1730. The fraction of sp³-hybridized carbons (Fsp3) is 0.143. The van der Waals surface area contributed by atoms with Crippen molar-refractivity contribution in [3.63, 3.8) is 0 Å². The first kappa shape index (κ1) is 23.3. The molecule has 1 aliphatic heterocycles. The summed E-state index contributed by atoms with van der Waals surface area (Å²) in [5.74, 6) is 1.93. The molecule has 38 heavy (non-hydrogen) atoms. The Balaban J connectivity index is 1.25. The summed E-state index contributed by atoms with van der Waals surface area (Å²) < 4.78 is 7.77. The predicted octanol–water partition coefficient (Wildman–Crippen LogP) is 4.71. The number of ether oxygens (including phenoxy) is 1. The molecule has 1 N–H and O–H groups in total. The first-order valence-corrected chi connectivity index (χ1v) is 12.1. The van der Waals surface area contributed by atoms with Gasteiger partial charge in [0.15, 0.2) is 11.5 Å². The van der Waals surface area contributed by atoms with Gasteiger partial charge in [0.05, 0.1) is 11.2 Å². The molecule has 1 aliphatic rings. The topological polar surface area (TPSA) is 110 Å². The van der Waals surface area contributed by atoms with E-state index >= 15 is 0 Å². The monoisotopic (exact) mass is 504 g/mol. The Labute approximate surface area is 218 Å². The SMILES string of the molecule is C=CC(=O)N1CCC=C(c2ccc3ncnc(Nc4ccc(Oc5ccn6ncnc6c5)c(C)c4)c3n2)C1. The number of pyridine rings is 2. The molecule has 0 saturated heterocycles. The lowest BCUT2D eigenvalue weighted by atomic mass is 10.1. The summed E-state index contributed by atoms with van der Waals surface area (Å²) in [6.07, 6.45) is 9.07. The number of anilines is 2. The first-order valence-electron chi connectivity index (χ1n) is 12.1. The van der Waals surface area contributed by atoms with Gasteiger partial charge >= 0.3 is 0 Å². The van der Waals surface area contributed by atoms with Crippen molar-refractivity contribution in [1.82, 2.24) is 34.4 Å². The highest BCUT2D eigenvalue weighted by Gasteiger charge is 2.19. The van der Waals surface area contributed by atoms with Crippen molar-refractivity contribution in [3.05, 3.63) is 91.3 Å². The second kappa shape index (κ2) is 9.74.